The molecule has 0 spiro atoms. The minimum absolute atomic E-state index is 0.306. The molecule has 0 fully saturated rings. The lowest BCUT2D eigenvalue weighted by Gasteiger charge is -2.10. The monoisotopic (exact) mass is 261 g/mol. The molecule has 2 rings (SSSR count). The van der Waals surface area contributed by atoms with Crippen molar-refractivity contribution in [1.82, 2.24) is 10.1 Å². The van der Waals surface area contributed by atoms with Crippen LogP contribution < -0.4 is 16.8 Å². The van der Waals surface area contributed by atoms with Crippen molar-refractivity contribution >= 4 is 17.3 Å². The first-order chi connectivity index (χ1) is 9.08. The van der Waals surface area contributed by atoms with Gasteiger partial charge in [-0.1, -0.05) is 11.2 Å². The average Bonchev–Trinajstić information content (AvgIpc) is 2.77. The van der Waals surface area contributed by atoms with Crippen molar-refractivity contribution in [2.24, 2.45) is 5.73 Å². The predicted molar refractivity (Wildman–Crippen MR) is 70.6 cm³/mol. The fourth-order valence-corrected chi connectivity index (χ4v) is 1.69. The number of aromatic nitrogens is 2. The first-order valence-corrected chi connectivity index (χ1v) is 5.79. The van der Waals surface area contributed by atoms with E-state index in [4.69, 9.17) is 16.0 Å². The maximum Gasteiger partial charge on any atom is 0.250 e. The number of carbonyl (C=O) groups is 1. The number of aryl methyl sites for hydroxylation is 1. The van der Waals surface area contributed by atoms with E-state index < -0.39 is 5.91 Å². The van der Waals surface area contributed by atoms with Crippen LogP contribution in [0.25, 0.3) is 0 Å². The Morgan fingerprint density at radius 1 is 1.47 bits per heavy atom. The van der Waals surface area contributed by atoms with Gasteiger partial charge in [-0.15, -0.1) is 0 Å². The molecule has 0 aliphatic carbocycles. The summed E-state index contributed by atoms with van der Waals surface area (Å²) in [6.07, 6.45) is 0.595. The molecule has 0 unspecified atom stereocenters. The molecule has 1 amide bonds. The topological polar surface area (TPSA) is 120 Å². The van der Waals surface area contributed by atoms with E-state index in [0.717, 1.165) is 0 Å². The smallest absolute Gasteiger partial charge is 0.250 e. The van der Waals surface area contributed by atoms with Gasteiger partial charge in [-0.2, -0.15) is 4.98 Å². The largest absolute Gasteiger partial charge is 0.396 e. The van der Waals surface area contributed by atoms with Gasteiger partial charge in [0.25, 0.3) is 5.91 Å². The fourth-order valence-electron chi connectivity index (χ4n) is 1.69. The molecule has 2 aromatic rings. The van der Waals surface area contributed by atoms with E-state index in [9.17, 15) is 4.79 Å². The summed E-state index contributed by atoms with van der Waals surface area (Å²) in [7, 11) is 0. The van der Waals surface area contributed by atoms with Crippen LogP contribution in [0.5, 0.6) is 0 Å². The molecule has 100 valence electrons. The van der Waals surface area contributed by atoms with Crippen molar-refractivity contribution in [3.63, 3.8) is 0 Å². The van der Waals surface area contributed by atoms with E-state index in [1.807, 2.05) is 0 Å². The summed E-state index contributed by atoms with van der Waals surface area (Å²) in [5.41, 5.74) is 12.4. The van der Waals surface area contributed by atoms with Crippen molar-refractivity contribution < 1.29 is 9.32 Å². The van der Waals surface area contributed by atoms with Gasteiger partial charge in [0.1, 0.15) is 0 Å². The molecule has 0 aliphatic rings. The molecule has 0 bridgehead atoms. The second-order valence-electron chi connectivity index (χ2n) is 4.04. The zero-order chi connectivity index (χ0) is 13.8. The Morgan fingerprint density at radius 3 is 2.89 bits per heavy atom. The van der Waals surface area contributed by atoms with Gasteiger partial charge in [0.15, 0.2) is 5.82 Å². The quantitative estimate of drug-likeness (QED) is 0.682. The second-order valence-corrected chi connectivity index (χ2v) is 4.04. The average molecular weight is 261 g/mol. The van der Waals surface area contributed by atoms with Crippen LogP contribution in [-0.2, 0) is 6.42 Å². The van der Waals surface area contributed by atoms with Gasteiger partial charge >= 0.3 is 0 Å². The Labute approximate surface area is 110 Å². The predicted octanol–water partition coefficient (Wildman–Crippen LogP) is 0.714. The maximum absolute atomic E-state index is 11.2. The van der Waals surface area contributed by atoms with Crippen LogP contribution in [0, 0.1) is 6.92 Å². The molecular weight excluding hydrogens is 246 g/mol. The van der Waals surface area contributed by atoms with Crippen LogP contribution in [0.15, 0.2) is 22.7 Å². The molecular formula is C12H15N5O2. The van der Waals surface area contributed by atoms with Gasteiger partial charge in [0.2, 0.25) is 5.89 Å². The van der Waals surface area contributed by atoms with E-state index in [1.54, 1.807) is 25.1 Å². The highest BCUT2D eigenvalue weighted by molar-refractivity contribution is 6.00. The molecule has 0 saturated carbocycles. The molecule has 0 radical (unpaired) electrons. The lowest BCUT2D eigenvalue weighted by molar-refractivity contribution is 0.100. The van der Waals surface area contributed by atoms with Crippen LogP contribution in [0.2, 0.25) is 0 Å². The standard InChI is InChI=1S/C12H15N5O2/c1-7-16-10(17-19-7)5-6-15-9-4-2-3-8(11(9)13)12(14)18/h2-4,15H,5-6,13H2,1H3,(H2,14,18). The molecule has 19 heavy (non-hydrogen) atoms. The first kappa shape index (κ1) is 12.9. The van der Waals surface area contributed by atoms with Gasteiger partial charge in [-0.05, 0) is 12.1 Å². The molecule has 5 N–H and O–H groups in total. The zero-order valence-corrected chi connectivity index (χ0v) is 10.5. The van der Waals surface area contributed by atoms with Crippen molar-refractivity contribution in [2.75, 3.05) is 17.6 Å². The first-order valence-electron chi connectivity index (χ1n) is 5.79. The Balaban J connectivity index is 2.00. The van der Waals surface area contributed by atoms with Crippen molar-refractivity contribution in [1.29, 1.82) is 0 Å². The van der Waals surface area contributed by atoms with Crippen LogP contribution >= 0.6 is 0 Å². The fraction of sp³-hybridized carbons (Fsp3) is 0.250. The number of benzene rings is 1. The number of nitrogen functional groups attached to an aromatic ring is 1. The Hall–Kier alpha value is -2.57. The van der Waals surface area contributed by atoms with E-state index in [1.165, 1.54) is 0 Å². The number of nitrogens with zero attached hydrogens (tertiary/aromatic N) is 2. The molecule has 7 nitrogen and oxygen atoms in total. The van der Waals surface area contributed by atoms with Crippen molar-refractivity contribution in [2.45, 2.75) is 13.3 Å². The van der Waals surface area contributed by atoms with Crippen LogP contribution in [0.1, 0.15) is 22.1 Å². The van der Waals surface area contributed by atoms with Crippen LogP contribution in [0.3, 0.4) is 0 Å². The molecule has 1 heterocycles. The summed E-state index contributed by atoms with van der Waals surface area (Å²) >= 11 is 0. The summed E-state index contributed by atoms with van der Waals surface area (Å²) in [5, 5.41) is 6.90. The SMILES string of the molecule is Cc1nc(CCNc2cccc(C(N)=O)c2N)no1. The second kappa shape index (κ2) is 5.38. The van der Waals surface area contributed by atoms with Gasteiger partial charge < -0.3 is 21.3 Å². The number of para-hydroxylation sites is 1. The number of anilines is 2. The molecule has 0 atom stereocenters. The Kier molecular flexibility index (Phi) is 3.65. The Bertz CT molecular complexity index is 594. The molecule has 0 aliphatic heterocycles. The lowest BCUT2D eigenvalue weighted by Crippen LogP contribution is -2.15. The summed E-state index contributed by atoms with van der Waals surface area (Å²) in [4.78, 5) is 15.2. The highest BCUT2D eigenvalue weighted by Crippen LogP contribution is 2.22. The Morgan fingerprint density at radius 2 is 2.26 bits per heavy atom. The highest BCUT2D eigenvalue weighted by Gasteiger charge is 2.09. The highest BCUT2D eigenvalue weighted by atomic mass is 16.5. The van der Waals surface area contributed by atoms with Gasteiger partial charge in [-0.3, -0.25) is 4.79 Å². The van der Waals surface area contributed by atoms with Gasteiger partial charge in [0, 0.05) is 19.9 Å². The number of hydrogen-bond donors (Lipinski definition) is 3. The number of amides is 1. The maximum atomic E-state index is 11.2. The van der Waals surface area contributed by atoms with Crippen molar-refractivity contribution in [3.8, 4) is 0 Å². The minimum atomic E-state index is -0.546. The number of carbonyl (C=O) groups excluding carboxylic acids is 1. The normalized spacial score (nSPS) is 10.4. The number of nitrogens with two attached hydrogens (primary N) is 2. The van der Waals surface area contributed by atoms with E-state index in [0.29, 0.717) is 41.6 Å². The summed E-state index contributed by atoms with van der Waals surface area (Å²) in [6.45, 7) is 2.31. The number of rotatable bonds is 5. The van der Waals surface area contributed by atoms with Crippen molar-refractivity contribution in [3.05, 3.63) is 35.5 Å². The van der Waals surface area contributed by atoms with Crippen LogP contribution in [-0.4, -0.2) is 22.6 Å². The third-order valence-corrected chi connectivity index (χ3v) is 2.61. The molecule has 0 saturated heterocycles. The van der Waals surface area contributed by atoms with E-state index in [2.05, 4.69) is 15.5 Å². The third-order valence-electron chi connectivity index (χ3n) is 2.61. The summed E-state index contributed by atoms with van der Waals surface area (Å²) < 4.78 is 4.87. The number of hydrogen-bond acceptors (Lipinski definition) is 6. The van der Waals surface area contributed by atoms with E-state index >= 15 is 0 Å². The van der Waals surface area contributed by atoms with E-state index in [-0.39, 0.29) is 0 Å². The molecule has 1 aromatic heterocycles. The zero-order valence-electron chi connectivity index (χ0n) is 10.5. The summed E-state index contributed by atoms with van der Waals surface area (Å²) in [6, 6.07) is 5.09. The third kappa shape index (κ3) is 3.01. The van der Waals surface area contributed by atoms with Crippen LogP contribution in [0.4, 0.5) is 11.4 Å². The minimum Gasteiger partial charge on any atom is -0.396 e. The number of nitrogens with one attached hydrogen (secondary N) is 1. The molecule has 1 aromatic carbocycles. The number of primary amides is 1. The van der Waals surface area contributed by atoms with Gasteiger partial charge in [0.05, 0.1) is 16.9 Å². The lowest BCUT2D eigenvalue weighted by atomic mass is 10.1. The summed E-state index contributed by atoms with van der Waals surface area (Å²) in [5.74, 6) is 0.606. The van der Waals surface area contributed by atoms with Gasteiger partial charge in [-0.25, -0.2) is 0 Å². The molecule has 7 heteroatoms.